The summed E-state index contributed by atoms with van der Waals surface area (Å²) in [5, 5.41) is 15.2. The van der Waals surface area contributed by atoms with Gasteiger partial charge < -0.3 is 14.4 Å². The molecule has 4 atom stereocenters. The number of aryl methyl sites for hydroxylation is 1. The van der Waals surface area contributed by atoms with Crippen LogP contribution in [0.3, 0.4) is 0 Å². The number of hydrogen-bond donors (Lipinski definition) is 1. The number of nitro benzene ring substituents is 1. The molecule has 0 spiro atoms. The number of nitrogens with zero attached hydrogens (tertiary/aromatic N) is 2. The van der Waals surface area contributed by atoms with Crippen molar-refractivity contribution in [1.29, 1.82) is 0 Å². The molecule has 0 aliphatic carbocycles. The number of fused-ring (bicyclic) bond motifs is 3. The van der Waals surface area contributed by atoms with Gasteiger partial charge in [-0.1, -0.05) is 97.1 Å². The van der Waals surface area contributed by atoms with Crippen LogP contribution in [0, 0.1) is 10.1 Å². The molecular formula is C40H41N3O7. The average molecular weight is 676 g/mol. The molecule has 0 saturated carbocycles. The third-order valence-corrected chi connectivity index (χ3v) is 9.55. The van der Waals surface area contributed by atoms with Gasteiger partial charge in [0.15, 0.2) is 6.10 Å². The first-order valence-corrected chi connectivity index (χ1v) is 17.2. The van der Waals surface area contributed by atoms with Crippen LogP contribution in [0.1, 0.15) is 72.6 Å². The Morgan fingerprint density at radius 2 is 1.56 bits per heavy atom. The summed E-state index contributed by atoms with van der Waals surface area (Å²) in [7, 11) is 0. The molecule has 50 heavy (non-hydrogen) atoms. The third-order valence-electron chi connectivity index (χ3n) is 9.55. The Bertz CT molecular complexity index is 1760. The number of hydrogen-bond acceptors (Lipinski definition) is 8. The number of rotatable bonds is 12. The van der Waals surface area contributed by atoms with Crippen molar-refractivity contribution in [2.45, 2.75) is 75.7 Å². The van der Waals surface area contributed by atoms with E-state index in [1.807, 2.05) is 91.0 Å². The van der Waals surface area contributed by atoms with Crippen LogP contribution in [0.25, 0.3) is 0 Å². The minimum Gasteiger partial charge on any atom is -0.465 e. The van der Waals surface area contributed by atoms with Crippen LogP contribution >= 0.6 is 0 Å². The third kappa shape index (κ3) is 7.76. The second kappa shape index (κ2) is 15.9. The van der Waals surface area contributed by atoms with E-state index in [1.54, 1.807) is 17.9 Å². The number of ether oxygens (including phenoxy) is 2. The summed E-state index contributed by atoms with van der Waals surface area (Å²) in [6, 6.07) is 30.0. The summed E-state index contributed by atoms with van der Waals surface area (Å²) in [6.45, 7) is 1.92. The lowest BCUT2D eigenvalue weighted by molar-refractivity contribution is -0.385. The number of amides is 1. The maximum absolute atomic E-state index is 14.8. The Morgan fingerprint density at radius 3 is 2.18 bits per heavy atom. The highest BCUT2D eigenvalue weighted by Crippen LogP contribution is 2.41. The smallest absolute Gasteiger partial charge is 0.329 e. The van der Waals surface area contributed by atoms with Crippen LogP contribution in [-0.4, -0.2) is 52.4 Å². The standard InChI is InChI=1S/C40H41N3O7/c1-2-49-39(45)33(24-21-27-13-6-3-7-14-27)41-34-25-30-22-23-31(43(47)48)26-32(30)35-19-12-20-36(42(35)38(34)44)40(46)50-37(28-15-8-4-9-16-28)29-17-10-5-11-18-29/h3-11,13-18,22-23,26,33-37,41H,2,12,19-21,24-25H2,1H3/t33-,34-,35+,36-/m0/s1. The van der Waals surface area contributed by atoms with Gasteiger partial charge in [-0.2, -0.15) is 0 Å². The monoisotopic (exact) mass is 675 g/mol. The van der Waals surface area contributed by atoms with E-state index in [0.717, 1.165) is 22.3 Å². The van der Waals surface area contributed by atoms with Crippen LogP contribution < -0.4 is 5.32 Å². The molecule has 1 fully saturated rings. The Balaban J connectivity index is 1.35. The van der Waals surface area contributed by atoms with Crippen molar-refractivity contribution < 1.29 is 28.8 Å². The summed E-state index contributed by atoms with van der Waals surface area (Å²) in [5.41, 5.74) is 3.91. The number of nitrogens with one attached hydrogen (secondary N) is 1. The molecule has 0 radical (unpaired) electrons. The summed E-state index contributed by atoms with van der Waals surface area (Å²) in [5.74, 6) is -1.39. The number of piperidine rings is 1. The molecule has 258 valence electrons. The first-order chi connectivity index (χ1) is 24.3. The van der Waals surface area contributed by atoms with Gasteiger partial charge in [0.1, 0.15) is 12.1 Å². The van der Waals surface area contributed by atoms with Crippen LogP contribution in [0.5, 0.6) is 0 Å². The predicted molar refractivity (Wildman–Crippen MR) is 187 cm³/mol. The summed E-state index contributed by atoms with van der Waals surface area (Å²) >= 11 is 0. The quantitative estimate of drug-likeness (QED) is 0.103. The van der Waals surface area contributed by atoms with Gasteiger partial charge in [-0.25, -0.2) is 4.79 Å². The van der Waals surface area contributed by atoms with Crippen molar-refractivity contribution in [2.75, 3.05) is 6.61 Å². The van der Waals surface area contributed by atoms with Crippen molar-refractivity contribution in [1.82, 2.24) is 10.2 Å². The minimum atomic E-state index is -0.948. The molecule has 2 aliphatic rings. The molecule has 2 heterocycles. The van der Waals surface area contributed by atoms with Gasteiger partial charge in [-0.15, -0.1) is 0 Å². The molecule has 2 aliphatic heterocycles. The van der Waals surface area contributed by atoms with E-state index in [2.05, 4.69) is 5.32 Å². The van der Waals surface area contributed by atoms with E-state index in [4.69, 9.17) is 9.47 Å². The largest absolute Gasteiger partial charge is 0.465 e. The number of carbonyl (C=O) groups is 3. The van der Waals surface area contributed by atoms with Gasteiger partial charge in [-0.3, -0.25) is 25.0 Å². The first kappa shape index (κ1) is 34.5. The fourth-order valence-corrected chi connectivity index (χ4v) is 7.14. The number of esters is 2. The highest BCUT2D eigenvalue weighted by Gasteiger charge is 2.46. The van der Waals surface area contributed by atoms with Gasteiger partial charge in [0.25, 0.3) is 5.69 Å². The molecule has 0 bridgehead atoms. The molecule has 0 unspecified atom stereocenters. The van der Waals surface area contributed by atoms with Gasteiger partial charge >= 0.3 is 11.9 Å². The summed E-state index contributed by atoms with van der Waals surface area (Å²) in [6.07, 6.45) is 1.92. The van der Waals surface area contributed by atoms with Gasteiger partial charge in [0, 0.05) is 12.1 Å². The topological polar surface area (TPSA) is 128 Å². The number of nitro groups is 1. The van der Waals surface area contributed by atoms with E-state index in [9.17, 15) is 24.5 Å². The van der Waals surface area contributed by atoms with E-state index in [1.165, 1.54) is 12.1 Å². The van der Waals surface area contributed by atoms with Crippen molar-refractivity contribution in [2.24, 2.45) is 0 Å². The van der Waals surface area contributed by atoms with Crippen molar-refractivity contribution in [3.05, 3.63) is 147 Å². The summed E-state index contributed by atoms with van der Waals surface area (Å²) < 4.78 is 11.7. The molecular weight excluding hydrogens is 634 g/mol. The Hall–Kier alpha value is -5.35. The van der Waals surface area contributed by atoms with Gasteiger partial charge in [0.2, 0.25) is 5.91 Å². The maximum Gasteiger partial charge on any atom is 0.329 e. The second-order valence-corrected chi connectivity index (χ2v) is 12.7. The highest BCUT2D eigenvalue weighted by atomic mass is 16.6. The van der Waals surface area contributed by atoms with Gasteiger partial charge in [0.05, 0.1) is 23.6 Å². The highest BCUT2D eigenvalue weighted by molar-refractivity contribution is 5.90. The molecule has 10 nitrogen and oxygen atoms in total. The van der Waals surface area contributed by atoms with Crippen molar-refractivity contribution in [3.8, 4) is 0 Å². The lowest BCUT2D eigenvalue weighted by Gasteiger charge is -2.42. The summed E-state index contributed by atoms with van der Waals surface area (Å²) in [4.78, 5) is 55.4. The molecule has 0 aromatic heterocycles. The lowest BCUT2D eigenvalue weighted by Crippen LogP contribution is -2.57. The molecule has 1 saturated heterocycles. The molecule has 4 aromatic carbocycles. The average Bonchev–Trinajstić information content (AvgIpc) is 3.26. The van der Waals surface area contributed by atoms with Gasteiger partial charge in [-0.05, 0) is 73.3 Å². The normalized spacial score (nSPS) is 19.1. The van der Waals surface area contributed by atoms with E-state index < -0.39 is 47.1 Å². The molecule has 4 aromatic rings. The molecule has 1 N–H and O–H groups in total. The zero-order chi connectivity index (χ0) is 35.0. The molecule has 6 rings (SSSR count). The van der Waals surface area contributed by atoms with Crippen LogP contribution in [0.2, 0.25) is 0 Å². The number of carbonyl (C=O) groups excluding carboxylic acids is 3. The van der Waals surface area contributed by atoms with E-state index >= 15 is 0 Å². The molecule has 1 amide bonds. The van der Waals surface area contributed by atoms with E-state index in [0.29, 0.717) is 37.7 Å². The Morgan fingerprint density at radius 1 is 0.920 bits per heavy atom. The van der Waals surface area contributed by atoms with Crippen LogP contribution in [0.15, 0.2) is 109 Å². The first-order valence-electron chi connectivity index (χ1n) is 17.2. The van der Waals surface area contributed by atoms with Crippen LogP contribution in [0.4, 0.5) is 5.69 Å². The maximum atomic E-state index is 14.8. The Kier molecular flexibility index (Phi) is 11.0. The second-order valence-electron chi connectivity index (χ2n) is 12.7. The lowest BCUT2D eigenvalue weighted by atomic mass is 9.89. The SMILES string of the molecule is CCOC(=O)[C@H](CCc1ccccc1)N[C@H]1Cc2ccc([N+](=O)[O-])cc2[C@H]2CCC[C@@H](C(=O)OC(c3ccccc3)c3ccccc3)N2C1=O. The zero-order valence-electron chi connectivity index (χ0n) is 28.0. The number of non-ortho nitro benzene ring substituents is 1. The predicted octanol–water partition coefficient (Wildman–Crippen LogP) is 6.43. The van der Waals surface area contributed by atoms with Crippen molar-refractivity contribution in [3.63, 3.8) is 0 Å². The Labute approximate surface area is 291 Å². The molecule has 10 heteroatoms. The fraction of sp³-hybridized carbons (Fsp3) is 0.325. The number of benzene rings is 4. The van der Waals surface area contributed by atoms with E-state index in [-0.39, 0.29) is 24.6 Å². The van der Waals surface area contributed by atoms with Crippen molar-refractivity contribution >= 4 is 23.5 Å². The zero-order valence-corrected chi connectivity index (χ0v) is 28.0. The minimum absolute atomic E-state index is 0.0901. The van der Waals surface area contributed by atoms with Crippen LogP contribution in [-0.2, 0) is 36.7 Å². The fourth-order valence-electron chi connectivity index (χ4n) is 7.14.